The lowest BCUT2D eigenvalue weighted by atomic mass is 10.1. The van der Waals surface area contributed by atoms with Gasteiger partial charge in [-0.1, -0.05) is 18.7 Å². The zero-order valence-corrected chi connectivity index (χ0v) is 8.40. The summed E-state index contributed by atoms with van der Waals surface area (Å²) in [5.74, 6) is 0.131. The average Bonchev–Trinajstić information content (AvgIpc) is 2.59. The molecule has 0 fully saturated rings. The van der Waals surface area contributed by atoms with Crippen molar-refractivity contribution in [3.8, 4) is 0 Å². The molecule has 2 rings (SSSR count). The molecule has 1 aromatic heterocycles. The third-order valence-corrected chi connectivity index (χ3v) is 3.19. The van der Waals surface area contributed by atoms with Crippen LogP contribution in [0.2, 0.25) is 0 Å². The first-order valence-corrected chi connectivity index (χ1v) is 5.03. The van der Waals surface area contributed by atoms with Gasteiger partial charge in [-0.25, -0.2) is 0 Å². The molecule has 0 atom stereocenters. The number of thiophene rings is 1. The highest BCUT2D eigenvalue weighted by Gasteiger charge is 2.03. The number of rotatable bonds is 2. The SMILES string of the molecule is C=Cc1ccc2sc(C(=N)N)cc2c1. The lowest BCUT2D eigenvalue weighted by Crippen LogP contribution is -2.08. The van der Waals surface area contributed by atoms with E-state index in [-0.39, 0.29) is 5.84 Å². The number of amidine groups is 1. The van der Waals surface area contributed by atoms with Crippen LogP contribution in [0.25, 0.3) is 16.2 Å². The molecule has 0 saturated heterocycles. The average molecular weight is 202 g/mol. The Labute approximate surface area is 86.2 Å². The van der Waals surface area contributed by atoms with Crippen LogP contribution in [0, 0.1) is 5.41 Å². The van der Waals surface area contributed by atoms with Crippen molar-refractivity contribution in [3.63, 3.8) is 0 Å². The van der Waals surface area contributed by atoms with Crippen molar-refractivity contribution in [2.75, 3.05) is 0 Å². The summed E-state index contributed by atoms with van der Waals surface area (Å²) in [4.78, 5) is 0.821. The van der Waals surface area contributed by atoms with Gasteiger partial charge in [-0.3, -0.25) is 5.41 Å². The van der Waals surface area contributed by atoms with Crippen LogP contribution in [-0.4, -0.2) is 5.84 Å². The molecule has 0 aliphatic rings. The van der Waals surface area contributed by atoms with Gasteiger partial charge in [-0.15, -0.1) is 11.3 Å². The number of nitrogens with two attached hydrogens (primary N) is 1. The molecular weight excluding hydrogens is 192 g/mol. The molecule has 2 nitrogen and oxygen atoms in total. The van der Waals surface area contributed by atoms with Crippen molar-refractivity contribution >= 4 is 33.3 Å². The Bertz CT molecular complexity index is 511. The first-order chi connectivity index (χ1) is 6.70. The van der Waals surface area contributed by atoms with Crippen LogP contribution in [0.15, 0.2) is 30.8 Å². The first-order valence-electron chi connectivity index (χ1n) is 4.21. The first kappa shape index (κ1) is 8.97. The van der Waals surface area contributed by atoms with E-state index in [4.69, 9.17) is 11.1 Å². The van der Waals surface area contributed by atoms with E-state index in [9.17, 15) is 0 Å². The maximum atomic E-state index is 7.33. The Hall–Kier alpha value is -1.61. The van der Waals surface area contributed by atoms with Gasteiger partial charge >= 0.3 is 0 Å². The van der Waals surface area contributed by atoms with E-state index in [0.29, 0.717) is 0 Å². The van der Waals surface area contributed by atoms with E-state index < -0.39 is 0 Å². The van der Waals surface area contributed by atoms with Crippen LogP contribution >= 0.6 is 11.3 Å². The summed E-state index contributed by atoms with van der Waals surface area (Å²) >= 11 is 1.54. The zero-order valence-electron chi connectivity index (χ0n) is 7.58. The molecule has 3 N–H and O–H groups in total. The fraction of sp³-hybridized carbons (Fsp3) is 0. The Morgan fingerprint density at radius 3 is 2.86 bits per heavy atom. The lowest BCUT2D eigenvalue weighted by molar-refractivity contribution is 1.46. The molecule has 0 spiro atoms. The summed E-state index contributed by atoms with van der Waals surface area (Å²) in [5, 5.41) is 8.46. The van der Waals surface area contributed by atoms with Crippen molar-refractivity contribution in [3.05, 3.63) is 41.3 Å². The van der Waals surface area contributed by atoms with E-state index in [1.54, 1.807) is 11.3 Å². The summed E-state index contributed by atoms with van der Waals surface area (Å²) in [7, 11) is 0. The minimum Gasteiger partial charge on any atom is -0.383 e. The monoisotopic (exact) mass is 202 g/mol. The number of nitrogen functional groups attached to an aromatic ring is 1. The largest absolute Gasteiger partial charge is 0.383 e. The molecule has 0 bridgehead atoms. The normalized spacial score (nSPS) is 10.3. The number of hydrogen-bond acceptors (Lipinski definition) is 2. The highest BCUT2D eigenvalue weighted by Crippen LogP contribution is 2.26. The van der Waals surface area contributed by atoms with Gasteiger partial charge in [-0.2, -0.15) is 0 Å². The molecule has 2 aromatic rings. The molecule has 1 heterocycles. The van der Waals surface area contributed by atoms with E-state index in [0.717, 1.165) is 20.5 Å². The Kier molecular flexibility index (Phi) is 2.09. The second-order valence-electron chi connectivity index (χ2n) is 3.03. The van der Waals surface area contributed by atoms with Gasteiger partial charge in [0.25, 0.3) is 0 Å². The van der Waals surface area contributed by atoms with Crippen LogP contribution < -0.4 is 5.73 Å². The third-order valence-electron chi connectivity index (χ3n) is 2.04. The van der Waals surface area contributed by atoms with Crippen LogP contribution in [-0.2, 0) is 0 Å². The number of hydrogen-bond donors (Lipinski definition) is 2. The molecule has 3 heteroatoms. The van der Waals surface area contributed by atoms with Crippen LogP contribution in [0.5, 0.6) is 0 Å². The van der Waals surface area contributed by atoms with Crippen molar-refractivity contribution in [2.45, 2.75) is 0 Å². The lowest BCUT2D eigenvalue weighted by Gasteiger charge is -1.91. The number of fused-ring (bicyclic) bond motifs is 1. The topological polar surface area (TPSA) is 49.9 Å². The van der Waals surface area contributed by atoms with E-state index in [1.165, 1.54) is 0 Å². The standard InChI is InChI=1S/C11H10N2S/c1-2-7-3-4-9-8(5-7)6-10(14-9)11(12)13/h2-6H,1H2,(H3,12,13). The smallest absolute Gasteiger partial charge is 0.133 e. The van der Waals surface area contributed by atoms with Crippen molar-refractivity contribution < 1.29 is 0 Å². The molecule has 0 aliphatic carbocycles. The zero-order chi connectivity index (χ0) is 10.1. The molecular formula is C11H10N2S. The number of benzene rings is 1. The van der Waals surface area contributed by atoms with E-state index in [2.05, 4.69) is 6.58 Å². The molecule has 0 amide bonds. The quantitative estimate of drug-likeness (QED) is 0.571. The fourth-order valence-electron chi connectivity index (χ4n) is 1.32. The van der Waals surface area contributed by atoms with Gasteiger partial charge in [0.15, 0.2) is 0 Å². The Morgan fingerprint density at radius 1 is 1.43 bits per heavy atom. The molecule has 0 aliphatic heterocycles. The molecule has 0 unspecified atom stereocenters. The van der Waals surface area contributed by atoms with Gasteiger partial charge in [-0.05, 0) is 29.1 Å². The molecule has 0 saturated carbocycles. The van der Waals surface area contributed by atoms with Crippen molar-refractivity contribution in [1.82, 2.24) is 0 Å². The predicted octanol–water partition coefficient (Wildman–Crippen LogP) is 2.83. The summed E-state index contributed by atoms with van der Waals surface area (Å²) in [5.41, 5.74) is 6.51. The number of nitrogens with one attached hydrogen (secondary N) is 1. The van der Waals surface area contributed by atoms with Crippen molar-refractivity contribution in [2.24, 2.45) is 5.73 Å². The third kappa shape index (κ3) is 1.42. The Balaban J connectivity index is 2.65. The van der Waals surface area contributed by atoms with Crippen molar-refractivity contribution in [1.29, 1.82) is 5.41 Å². The molecule has 70 valence electrons. The minimum atomic E-state index is 0.131. The highest BCUT2D eigenvalue weighted by molar-refractivity contribution is 7.20. The summed E-state index contributed by atoms with van der Waals surface area (Å²) in [6.07, 6.45) is 1.81. The molecule has 0 radical (unpaired) electrons. The van der Waals surface area contributed by atoms with Gasteiger partial charge in [0, 0.05) is 4.70 Å². The molecule has 1 aromatic carbocycles. The van der Waals surface area contributed by atoms with Crippen LogP contribution in [0.1, 0.15) is 10.4 Å². The van der Waals surface area contributed by atoms with Gasteiger partial charge in [0.05, 0.1) is 4.88 Å². The fourth-order valence-corrected chi connectivity index (χ4v) is 2.23. The van der Waals surface area contributed by atoms with Gasteiger partial charge < -0.3 is 5.73 Å². The second kappa shape index (κ2) is 3.27. The van der Waals surface area contributed by atoms with Crippen LogP contribution in [0.3, 0.4) is 0 Å². The highest BCUT2D eigenvalue weighted by atomic mass is 32.1. The van der Waals surface area contributed by atoms with E-state index in [1.807, 2.05) is 30.3 Å². The molecule has 14 heavy (non-hydrogen) atoms. The Morgan fingerprint density at radius 2 is 2.21 bits per heavy atom. The minimum absolute atomic E-state index is 0.131. The summed E-state index contributed by atoms with van der Waals surface area (Å²) in [6.45, 7) is 3.72. The maximum Gasteiger partial charge on any atom is 0.133 e. The van der Waals surface area contributed by atoms with Crippen LogP contribution in [0.4, 0.5) is 0 Å². The predicted molar refractivity (Wildman–Crippen MR) is 62.9 cm³/mol. The second-order valence-corrected chi connectivity index (χ2v) is 4.11. The maximum absolute atomic E-state index is 7.33. The van der Waals surface area contributed by atoms with Gasteiger partial charge in [0.1, 0.15) is 5.84 Å². The van der Waals surface area contributed by atoms with E-state index >= 15 is 0 Å². The van der Waals surface area contributed by atoms with Gasteiger partial charge in [0.2, 0.25) is 0 Å². The summed E-state index contributed by atoms with van der Waals surface area (Å²) in [6, 6.07) is 8.03. The summed E-state index contributed by atoms with van der Waals surface area (Å²) < 4.78 is 1.15.